The van der Waals surface area contributed by atoms with Crippen LogP contribution in [0.3, 0.4) is 0 Å². The summed E-state index contributed by atoms with van der Waals surface area (Å²) in [4.78, 5) is 8.28. The Labute approximate surface area is 136 Å². The first kappa shape index (κ1) is 16.7. The molecule has 0 bridgehead atoms. The monoisotopic (exact) mass is 340 g/mol. The summed E-state index contributed by atoms with van der Waals surface area (Å²) in [6, 6.07) is 0.173. The maximum Gasteiger partial charge on any atom is 0.498 e. The van der Waals surface area contributed by atoms with E-state index < -0.39 is 28.2 Å². The molecule has 126 valence electrons. The number of rotatable bonds is 3. The zero-order valence-corrected chi connectivity index (χ0v) is 14.6. The SMILES string of the molecule is CC1(C)OB(c2cnc(OC3CCS(=O)(=O)C3)nc2)OC1(C)C. The van der Waals surface area contributed by atoms with E-state index in [0.717, 1.165) is 0 Å². The smallest absolute Gasteiger partial charge is 0.459 e. The molecule has 9 heteroatoms. The molecule has 1 unspecified atom stereocenters. The van der Waals surface area contributed by atoms with E-state index >= 15 is 0 Å². The minimum absolute atomic E-state index is 0.0232. The Morgan fingerprint density at radius 1 is 1.17 bits per heavy atom. The van der Waals surface area contributed by atoms with E-state index in [9.17, 15) is 8.42 Å². The third kappa shape index (κ3) is 3.36. The second-order valence-corrected chi connectivity index (χ2v) is 9.26. The van der Waals surface area contributed by atoms with E-state index in [0.29, 0.717) is 11.9 Å². The molecule has 2 aliphatic rings. The van der Waals surface area contributed by atoms with Crippen molar-refractivity contribution < 1.29 is 22.5 Å². The van der Waals surface area contributed by atoms with Crippen LogP contribution < -0.4 is 10.2 Å². The molecule has 0 radical (unpaired) electrons. The summed E-state index contributed by atoms with van der Waals surface area (Å²) >= 11 is 0. The lowest BCUT2D eigenvalue weighted by atomic mass is 9.81. The standard InChI is InChI=1S/C14H21BN2O5S/c1-13(2)14(3,4)22-15(21-13)10-7-16-12(17-8-10)20-11-5-6-23(18,19)9-11/h7-8,11H,5-6,9H2,1-4H3. The molecule has 7 nitrogen and oxygen atoms in total. The fourth-order valence-corrected chi connectivity index (χ4v) is 4.08. The first-order valence-corrected chi connectivity index (χ1v) is 9.45. The Balaban J connectivity index is 1.67. The number of aromatic nitrogens is 2. The summed E-state index contributed by atoms with van der Waals surface area (Å²) in [5, 5.41) is 0. The van der Waals surface area contributed by atoms with Crippen molar-refractivity contribution in [2.24, 2.45) is 0 Å². The first-order chi connectivity index (χ1) is 10.6. The molecule has 0 aromatic carbocycles. The van der Waals surface area contributed by atoms with Gasteiger partial charge in [-0.25, -0.2) is 18.4 Å². The Hall–Kier alpha value is -1.19. The van der Waals surface area contributed by atoms with Gasteiger partial charge in [0.25, 0.3) is 0 Å². The average molecular weight is 340 g/mol. The zero-order valence-electron chi connectivity index (χ0n) is 13.8. The molecule has 0 aliphatic carbocycles. The van der Waals surface area contributed by atoms with Crippen molar-refractivity contribution in [1.82, 2.24) is 9.97 Å². The van der Waals surface area contributed by atoms with Crippen LogP contribution >= 0.6 is 0 Å². The van der Waals surface area contributed by atoms with Crippen molar-refractivity contribution in [3.05, 3.63) is 12.4 Å². The van der Waals surface area contributed by atoms with Gasteiger partial charge in [0, 0.05) is 17.9 Å². The Morgan fingerprint density at radius 3 is 2.22 bits per heavy atom. The third-order valence-corrected chi connectivity index (χ3v) is 6.37. The Bertz CT molecular complexity index is 674. The highest BCUT2D eigenvalue weighted by atomic mass is 32.2. The van der Waals surface area contributed by atoms with Crippen molar-refractivity contribution in [2.45, 2.75) is 51.4 Å². The van der Waals surface area contributed by atoms with Gasteiger partial charge in [-0.3, -0.25) is 0 Å². The minimum Gasteiger partial charge on any atom is -0.459 e. The van der Waals surface area contributed by atoms with Gasteiger partial charge in [0.05, 0.1) is 22.7 Å². The van der Waals surface area contributed by atoms with E-state index in [1.54, 1.807) is 12.4 Å². The number of nitrogens with zero attached hydrogens (tertiary/aromatic N) is 2. The summed E-state index contributed by atoms with van der Waals surface area (Å²) in [5.41, 5.74) is -0.147. The van der Waals surface area contributed by atoms with Crippen LogP contribution in [0.1, 0.15) is 34.1 Å². The second-order valence-electron chi connectivity index (χ2n) is 7.03. The highest BCUT2D eigenvalue weighted by molar-refractivity contribution is 7.91. The Kier molecular flexibility index (Phi) is 3.93. The van der Waals surface area contributed by atoms with Crippen molar-refractivity contribution in [3.8, 4) is 6.01 Å². The van der Waals surface area contributed by atoms with E-state index in [2.05, 4.69) is 9.97 Å². The summed E-state index contributed by atoms with van der Waals surface area (Å²) < 4.78 is 40.2. The molecule has 2 fully saturated rings. The lowest BCUT2D eigenvalue weighted by Gasteiger charge is -2.32. The molecule has 3 rings (SSSR count). The van der Waals surface area contributed by atoms with Gasteiger partial charge < -0.3 is 14.0 Å². The van der Waals surface area contributed by atoms with Gasteiger partial charge in [-0.1, -0.05) is 0 Å². The molecule has 0 spiro atoms. The summed E-state index contributed by atoms with van der Waals surface area (Å²) in [7, 11) is -3.51. The van der Waals surface area contributed by atoms with E-state index in [-0.39, 0.29) is 23.6 Å². The number of hydrogen-bond acceptors (Lipinski definition) is 7. The van der Waals surface area contributed by atoms with E-state index in [4.69, 9.17) is 14.0 Å². The molecule has 23 heavy (non-hydrogen) atoms. The molecule has 1 atom stereocenters. The molecule has 3 heterocycles. The van der Waals surface area contributed by atoms with Crippen LogP contribution in [-0.4, -0.2) is 54.3 Å². The molecule has 1 aromatic heterocycles. The molecule has 0 saturated carbocycles. The lowest BCUT2D eigenvalue weighted by molar-refractivity contribution is 0.00578. The predicted octanol–water partition coefficient (Wildman–Crippen LogP) is 0.342. The maximum atomic E-state index is 11.4. The maximum absolute atomic E-state index is 11.4. The van der Waals surface area contributed by atoms with Crippen LogP contribution in [-0.2, 0) is 19.1 Å². The zero-order chi connectivity index (χ0) is 16.9. The van der Waals surface area contributed by atoms with Crippen LogP contribution in [0, 0.1) is 0 Å². The van der Waals surface area contributed by atoms with Crippen LogP contribution in [0.25, 0.3) is 0 Å². The fourth-order valence-electron chi connectivity index (χ4n) is 2.49. The normalized spacial score (nSPS) is 28.0. The fraction of sp³-hybridized carbons (Fsp3) is 0.714. The van der Waals surface area contributed by atoms with Gasteiger partial charge in [0.15, 0.2) is 9.84 Å². The third-order valence-electron chi connectivity index (χ3n) is 4.64. The van der Waals surface area contributed by atoms with Crippen LogP contribution in [0.4, 0.5) is 0 Å². The quantitative estimate of drug-likeness (QED) is 0.733. The average Bonchev–Trinajstić information content (AvgIpc) is 2.87. The summed E-state index contributed by atoms with van der Waals surface area (Å²) in [6.45, 7) is 7.91. The van der Waals surface area contributed by atoms with Crippen molar-refractivity contribution >= 4 is 22.4 Å². The number of ether oxygens (including phenoxy) is 1. The molecule has 0 amide bonds. The predicted molar refractivity (Wildman–Crippen MR) is 85.4 cm³/mol. The summed E-state index contributed by atoms with van der Waals surface area (Å²) in [5.74, 6) is 0.180. The van der Waals surface area contributed by atoms with Gasteiger partial charge in [0.2, 0.25) is 0 Å². The van der Waals surface area contributed by atoms with E-state index in [1.807, 2.05) is 27.7 Å². The molecule has 0 N–H and O–H groups in total. The van der Waals surface area contributed by atoms with Gasteiger partial charge in [0.1, 0.15) is 6.10 Å². The minimum atomic E-state index is -2.98. The number of sulfone groups is 1. The highest BCUT2D eigenvalue weighted by Crippen LogP contribution is 2.36. The van der Waals surface area contributed by atoms with Crippen LogP contribution in [0.2, 0.25) is 0 Å². The van der Waals surface area contributed by atoms with Crippen LogP contribution in [0.15, 0.2) is 12.4 Å². The molecular formula is C14H21BN2O5S. The lowest BCUT2D eigenvalue weighted by Crippen LogP contribution is -2.41. The highest BCUT2D eigenvalue weighted by Gasteiger charge is 2.52. The van der Waals surface area contributed by atoms with Crippen molar-refractivity contribution in [1.29, 1.82) is 0 Å². The van der Waals surface area contributed by atoms with Gasteiger partial charge in [-0.15, -0.1) is 0 Å². The van der Waals surface area contributed by atoms with Gasteiger partial charge >= 0.3 is 13.1 Å². The topological polar surface area (TPSA) is 87.6 Å². The molecular weight excluding hydrogens is 319 g/mol. The van der Waals surface area contributed by atoms with Crippen molar-refractivity contribution in [3.63, 3.8) is 0 Å². The van der Waals surface area contributed by atoms with Gasteiger partial charge in [-0.2, -0.15) is 0 Å². The number of hydrogen-bond donors (Lipinski definition) is 0. The molecule has 2 aliphatic heterocycles. The largest absolute Gasteiger partial charge is 0.498 e. The van der Waals surface area contributed by atoms with E-state index in [1.165, 1.54) is 0 Å². The van der Waals surface area contributed by atoms with Crippen molar-refractivity contribution in [2.75, 3.05) is 11.5 Å². The Morgan fingerprint density at radius 2 is 1.74 bits per heavy atom. The second kappa shape index (κ2) is 5.42. The first-order valence-electron chi connectivity index (χ1n) is 7.63. The van der Waals surface area contributed by atoms with Gasteiger partial charge in [-0.05, 0) is 34.1 Å². The summed E-state index contributed by atoms with van der Waals surface area (Å²) in [6.07, 6.45) is 3.29. The molecule has 1 aromatic rings. The molecule has 2 saturated heterocycles. The van der Waals surface area contributed by atoms with Crippen LogP contribution in [0.5, 0.6) is 6.01 Å².